The van der Waals surface area contributed by atoms with Crippen LogP contribution in [0.25, 0.3) is 0 Å². The van der Waals surface area contributed by atoms with E-state index in [1.54, 1.807) is 0 Å². The largest absolute Gasteiger partial charge is 0.424 e. The van der Waals surface area contributed by atoms with Gasteiger partial charge in [0.1, 0.15) is 0 Å². The van der Waals surface area contributed by atoms with Crippen LogP contribution in [0.1, 0.15) is 19.8 Å². The Labute approximate surface area is 58.8 Å². The molecule has 0 aliphatic heterocycles. The van der Waals surface area contributed by atoms with E-state index in [1.807, 2.05) is 6.92 Å². The Balaban J connectivity index is 2.69. The molecule has 0 spiro atoms. The lowest BCUT2D eigenvalue weighted by Gasteiger charge is -1.95. The average molecular weight is 143 g/mol. The topological polar surface area (TPSA) is 33.0 Å². The lowest BCUT2D eigenvalue weighted by atomic mass is 10.4. The van der Waals surface area contributed by atoms with Gasteiger partial charge in [-0.3, -0.25) is 0 Å². The zero-order valence-corrected chi connectivity index (χ0v) is 7.31. The molecular formula is C6H13NOSi. The molecule has 0 aromatic heterocycles. The maximum atomic E-state index is 8.15. The SMILES string of the molecule is CCO[SiH2]CCCC#N. The minimum atomic E-state index is -0.260. The van der Waals surface area contributed by atoms with Crippen molar-refractivity contribution in [1.82, 2.24) is 0 Å². The monoisotopic (exact) mass is 143 g/mol. The summed E-state index contributed by atoms with van der Waals surface area (Å²) in [6, 6.07) is 3.27. The maximum absolute atomic E-state index is 8.15. The Morgan fingerprint density at radius 3 is 3.00 bits per heavy atom. The van der Waals surface area contributed by atoms with Crippen molar-refractivity contribution in [3.8, 4) is 6.07 Å². The van der Waals surface area contributed by atoms with Crippen LogP contribution in [0.3, 0.4) is 0 Å². The van der Waals surface area contributed by atoms with Crippen molar-refractivity contribution < 1.29 is 4.43 Å². The Kier molecular flexibility index (Phi) is 7.38. The first kappa shape index (κ1) is 8.67. The summed E-state index contributed by atoms with van der Waals surface area (Å²) < 4.78 is 5.21. The second kappa shape index (κ2) is 7.67. The summed E-state index contributed by atoms with van der Waals surface area (Å²) in [6.07, 6.45) is 1.72. The molecule has 0 amide bonds. The van der Waals surface area contributed by atoms with Gasteiger partial charge in [0.25, 0.3) is 0 Å². The lowest BCUT2D eigenvalue weighted by molar-refractivity contribution is 0.359. The fraction of sp³-hybridized carbons (Fsp3) is 0.833. The van der Waals surface area contributed by atoms with Gasteiger partial charge in [-0.2, -0.15) is 5.26 Å². The summed E-state index contributed by atoms with van der Waals surface area (Å²) in [5.74, 6) is 0. The van der Waals surface area contributed by atoms with Crippen LogP contribution in [0.4, 0.5) is 0 Å². The van der Waals surface area contributed by atoms with Gasteiger partial charge in [-0.15, -0.1) is 0 Å². The molecule has 0 aliphatic rings. The van der Waals surface area contributed by atoms with Crippen LogP contribution < -0.4 is 0 Å². The highest BCUT2D eigenvalue weighted by Crippen LogP contribution is 1.92. The summed E-state index contributed by atoms with van der Waals surface area (Å²) in [5.41, 5.74) is 0. The quantitative estimate of drug-likeness (QED) is 0.422. The molecule has 0 saturated carbocycles. The lowest BCUT2D eigenvalue weighted by Crippen LogP contribution is -1.96. The van der Waals surface area contributed by atoms with E-state index < -0.39 is 0 Å². The molecule has 2 nitrogen and oxygen atoms in total. The van der Waals surface area contributed by atoms with E-state index in [0.717, 1.165) is 19.1 Å². The first-order valence-electron chi connectivity index (χ1n) is 3.36. The molecule has 0 bridgehead atoms. The van der Waals surface area contributed by atoms with Crippen molar-refractivity contribution in [2.45, 2.75) is 25.8 Å². The Hall–Kier alpha value is -0.333. The molecule has 0 N–H and O–H groups in total. The first-order chi connectivity index (χ1) is 4.41. The Bertz CT molecular complexity index is 89.5. The molecule has 0 unspecified atom stereocenters. The van der Waals surface area contributed by atoms with E-state index in [1.165, 1.54) is 0 Å². The molecule has 0 aliphatic carbocycles. The van der Waals surface area contributed by atoms with Crippen molar-refractivity contribution in [2.24, 2.45) is 0 Å². The van der Waals surface area contributed by atoms with Crippen molar-refractivity contribution >= 4 is 9.76 Å². The summed E-state index contributed by atoms with van der Waals surface area (Å²) in [7, 11) is -0.260. The highest BCUT2D eigenvalue weighted by molar-refractivity contribution is 6.26. The molecule has 0 radical (unpaired) electrons. The Morgan fingerprint density at radius 1 is 1.67 bits per heavy atom. The third kappa shape index (κ3) is 7.67. The molecule has 9 heavy (non-hydrogen) atoms. The number of hydrogen-bond donors (Lipinski definition) is 0. The van der Waals surface area contributed by atoms with Gasteiger partial charge in [-0.25, -0.2) is 0 Å². The molecule has 0 saturated heterocycles. The van der Waals surface area contributed by atoms with Crippen LogP contribution in [-0.2, 0) is 4.43 Å². The van der Waals surface area contributed by atoms with Gasteiger partial charge in [0.15, 0.2) is 9.76 Å². The first-order valence-corrected chi connectivity index (χ1v) is 4.94. The van der Waals surface area contributed by atoms with Gasteiger partial charge < -0.3 is 4.43 Å². The minimum absolute atomic E-state index is 0.260. The number of hydrogen-bond acceptors (Lipinski definition) is 2. The molecule has 0 rings (SSSR count). The van der Waals surface area contributed by atoms with Crippen LogP contribution in [0.15, 0.2) is 0 Å². The summed E-state index contributed by atoms with van der Waals surface area (Å²) in [6.45, 7) is 2.86. The minimum Gasteiger partial charge on any atom is -0.424 e. The number of nitrogens with zero attached hydrogens (tertiary/aromatic N) is 1. The molecule has 3 heteroatoms. The number of rotatable bonds is 5. The summed E-state index contributed by atoms with van der Waals surface area (Å²) in [5, 5.41) is 8.15. The summed E-state index contributed by atoms with van der Waals surface area (Å²) in [4.78, 5) is 0. The molecule has 0 heterocycles. The van der Waals surface area contributed by atoms with Crippen LogP contribution in [-0.4, -0.2) is 16.4 Å². The molecule has 0 atom stereocenters. The van der Waals surface area contributed by atoms with E-state index in [9.17, 15) is 0 Å². The van der Waals surface area contributed by atoms with Gasteiger partial charge in [0.2, 0.25) is 0 Å². The van der Waals surface area contributed by atoms with Crippen LogP contribution >= 0.6 is 0 Å². The van der Waals surface area contributed by atoms with Gasteiger partial charge in [0, 0.05) is 13.0 Å². The highest BCUT2D eigenvalue weighted by Gasteiger charge is 1.86. The van der Waals surface area contributed by atoms with Gasteiger partial charge in [-0.1, -0.05) is 0 Å². The van der Waals surface area contributed by atoms with Gasteiger partial charge in [-0.05, 0) is 19.4 Å². The van der Waals surface area contributed by atoms with E-state index in [4.69, 9.17) is 9.69 Å². The van der Waals surface area contributed by atoms with E-state index in [2.05, 4.69) is 6.07 Å². The highest BCUT2D eigenvalue weighted by atomic mass is 28.2. The smallest absolute Gasteiger partial charge is 0.161 e. The fourth-order valence-corrected chi connectivity index (χ4v) is 1.50. The van der Waals surface area contributed by atoms with Crippen molar-refractivity contribution in [3.63, 3.8) is 0 Å². The van der Waals surface area contributed by atoms with Crippen molar-refractivity contribution in [3.05, 3.63) is 0 Å². The Morgan fingerprint density at radius 2 is 2.44 bits per heavy atom. The second-order valence-corrected chi connectivity index (χ2v) is 3.34. The van der Waals surface area contributed by atoms with E-state index in [-0.39, 0.29) is 9.76 Å². The third-order valence-corrected chi connectivity index (χ3v) is 2.52. The fourth-order valence-electron chi connectivity index (χ4n) is 0.553. The summed E-state index contributed by atoms with van der Waals surface area (Å²) >= 11 is 0. The maximum Gasteiger partial charge on any atom is 0.161 e. The standard InChI is InChI=1S/C6H13NOSi/c1-2-8-9-6-4-3-5-7/h2-4,6,9H2,1H3. The van der Waals surface area contributed by atoms with E-state index in [0.29, 0.717) is 6.42 Å². The van der Waals surface area contributed by atoms with Crippen LogP contribution in [0, 0.1) is 11.3 Å². The average Bonchev–Trinajstić information content (AvgIpc) is 1.89. The zero-order chi connectivity index (χ0) is 6.95. The van der Waals surface area contributed by atoms with Crippen LogP contribution in [0.5, 0.6) is 0 Å². The number of nitriles is 1. The van der Waals surface area contributed by atoms with Gasteiger partial charge >= 0.3 is 0 Å². The zero-order valence-electron chi connectivity index (χ0n) is 5.89. The van der Waals surface area contributed by atoms with Crippen LogP contribution in [0.2, 0.25) is 6.04 Å². The van der Waals surface area contributed by atoms with Crippen molar-refractivity contribution in [1.29, 1.82) is 5.26 Å². The second-order valence-electron chi connectivity index (χ2n) is 1.81. The molecular weight excluding hydrogens is 130 g/mol. The third-order valence-electron chi connectivity index (χ3n) is 1.03. The number of unbranched alkanes of at least 4 members (excludes halogenated alkanes) is 1. The normalized spacial score (nSPS) is 10.2. The van der Waals surface area contributed by atoms with Gasteiger partial charge in [0.05, 0.1) is 6.07 Å². The molecule has 0 aromatic rings. The predicted molar refractivity (Wildman–Crippen MR) is 39.8 cm³/mol. The van der Waals surface area contributed by atoms with Crippen molar-refractivity contribution in [2.75, 3.05) is 6.61 Å². The molecule has 0 aromatic carbocycles. The molecule has 0 fully saturated rings. The molecule has 52 valence electrons. The predicted octanol–water partition coefficient (Wildman–Crippen LogP) is 0.829. The van der Waals surface area contributed by atoms with E-state index >= 15 is 0 Å².